The molecule has 25 heavy (non-hydrogen) atoms. The van der Waals surface area contributed by atoms with E-state index in [2.05, 4.69) is 9.88 Å². The molecule has 2 aromatic carbocycles. The van der Waals surface area contributed by atoms with Crippen LogP contribution in [-0.4, -0.2) is 36.9 Å². The molecule has 0 amide bonds. The first-order valence-corrected chi connectivity index (χ1v) is 8.28. The highest BCUT2D eigenvalue weighted by molar-refractivity contribution is 5.94. The molecule has 1 aliphatic rings. The second-order valence-corrected chi connectivity index (χ2v) is 6.16. The molecule has 0 radical (unpaired) electrons. The number of hydrogen-bond donors (Lipinski definition) is 0. The zero-order chi connectivity index (χ0) is 17.4. The summed E-state index contributed by atoms with van der Waals surface area (Å²) in [5.74, 6) is -0.491. The molecule has 0 spiro atoms. The summed E-state index contributed by atoms with van der Waals surface area (Å²) in [6.07, 6.45) is 0. The Kier molecular flexibility index (Phi) is 3.87. The Bertz CT molecular complexity index is 896. The number of oxazole rings is 1. The largest absolute Gasteiger partial charge is 0.423 e. The van der Waals surface area contributed by atoms with Crippen molar-refractivity contribution in [2.45, 2.75) is 6.92 Å². The van der Waals surface area contributed by atoms with Gasteiger partial charge in [-0.05, 0) is 37.3 Å². The summed E-state index contributed by atoms with van der Waals surface area (Å²) in [7, 11) is 0. The number of anilines is 2. The van der Waals surface area contributed by atoms with Crippen molar-refractivity contribution in [1.29, 1.82) is 0 Å². The number of para-hydroxylation sites is 2. The predicted molar refractivity (Wildman–Crippen MR) is 94.8 cm³/mol. The molecule has 4 rings (SSSR count). The van der Waals surface area contributed by atoms with E-state index in [1.165, 1.54) is 13.0 Å². The smallest absolute Gasteiger partial charge is 0.298 e. The molecule has 0 unspecified atom stereocenters. The molecule has 0 N–H and O–H groups in total. The molecule has 5 nitrogen and oxygen atoms in total. The molecule has 0 atom stereocenters. The molecule has 0 aliphatic carbocycles. The van der Waals surface area contributed by atoms with Crippen LogP contribution in [-0.2, 0) is 0 Å². The van der Waals surface area contributed by atoms with Crippen LogP contribution in [0.15, 0.2) is 46.9 Å². The van der Waals surface area contributed by atoms with Gasteiger partial charge in [0, 0.05) is 31.7 Å². The lowest BCUT2D eigenvalue weighted by atomic mass is 10.1. The summed E-state index contributed by atoms with van der Waals surface area (Å²) in [5.41, 5.74) is 2.53. The van der Waals surface area contributed by atoms with Crippen molar-refractivity contribution in [3.05, 3.63) is 53.8 Å². The van der Waals surface area contributed by atoms with Gasteiger partial charge in [0.15, 0.2) is 11.4 Å². The molecular weight excluding hydrogens is 321 g/mol. The summed E-state index contributed by atoms with van der Waals surface area (Å²) in [6, 6.07) is 12.9. The highest BCUT2D eigenvalue weighted by atomic mass is 19.1. The van der Waals surface area contributed by atoms with Gasteiger partial charge in [0.05, 0.1) is 5.69 Å². The van der Waals surface area contributed by atoms with Gasteiger partial charge < -0.3 is 14.2 Å². The third kappa shape index (κ3) is 2.95. The number of hydrogen-bond acceptors (Lipinski definition) is 5. The Hall–Kier alpha value is -2.89. The van der Waals surface area contributed by atoms with Crippen LogP contribution < -0.4 is 9.80 Å². The number of piperazine rings is 1. The van der Waals surface area contributed by atoms with Crippen LogP contribution in [0.3, 0.4) is 0 Å². The minimum Gasteiger partial charge on any atom is -0.423 e. The standard InChI is InChI=1S/C19H18FN3O2/c1-13(24)14-6-7-17(15(20)12-14)22-8-10-23(11-9-22)19-21-16-4-2-3-5-18(16)25-19/h2-7,12H,8-11H2,1H3. The normalized spacial score (nSPS) is 15.0. The minimum absolute atomic E-state index is 0.133. The van der Waals surface area contributed by atoms with Gasteiger partial charge in [-0.2, -0.15) is 4.98 Å². The number of halogens is 1. The summed E-state index contributed by atoms with van der Waals surface area (Å²) >= 11 is 0. The topological polar surface area (TPSA) is 49.6 Å². The average molecular weight is 339 g/mol. The van der Waals surface area contributed by atoms with Gasteiger partial charge in [-0.15, -0.1) is 0 Å². The Morgan fingerprint density at radius 3 is 2.48 bits per heavy atom. The van der Waals surface area contributed by atoms with Crippen LogP contribution in [0.25, 0.3) is 11.1 Å². The lowest BCUT2D eigenvalue weighted by Gasteiger charge is -2.35. The van der Waals surface area contributed by atoms with Crippen molar-refractivity contribution in [2.75, 3.05) is 36.0 Å². The number of rotatable bonds is 3. The molecule has 1 saturated heterocycles. The third-order valence-corrected chi connectivity index (χ3v) is 4.53. The zero-order valence-electron chi connectivity index (χ0n) is 13.9. The van der Waals surface area contributed by atoms with Gasteiger partial charge in [0.2, 0.25) is 0 Å². The minimum atomic E-state index is -0.358. The second-order valence-electron chi connectivity index (χ2n) is 6.16. The van der Waals surface area contributed by atoms with Crippen LogP contribution >= 0.6 is 0 Å². The van der Waals surface area contributed by atoms with Crippen molar-refractivity contribution in [3.8, 4) is 0 Å². The van der Waals surface area contributed by atoms with Gasteiger partial charge in [-0.25, -0.2) is 4.39 Å². The lowest BCUT2D eigenvalue weighted by molar-refractivity contribution is 0.101. The van der Waals surface area contributed by atoms with Gasteiger partial charge in [-0.3, -0.25) is 4.79 Å². The lowest BCUT2D eigenvalue weighted by Crippen LogP contribution is -2.47. The molecule has 1 fully saturated rings. The van der Waals surface area contributed by atoms with Crippen LogP contribution in [0.4, 0.5) is 16.1 Å². The number of benzene rings is 2. The van der Waals surface area contributed by atoms with Crippen molar-refractivity contribution in [2.24, 2.45) is 0 Å². The van der Waals surface area contributed by atoms with Crippen molar-refractivity contribution in [1.82, 2.24) is 4.98 Å². The molecule has 0 saturated carbocycles. The predicted octanol–water partition coefficient (Wildman–Crippen LogP) is 3.50. The third-order valence-electron chi connectivity index (χ3n) is 4.53. The van der Waals surface area contributed by atoms with E-state index in [1.807, 2.05) is 29.2 Å². The van der Waals surface area contributed by atoms with Gasteiger partial charge in [0.1, 0.15) is 11.3 Å². The van der Waals surface area contributed by atoms with Crippen LogP contribution in [0.2, 0.25) is 0 Å². The SMILES string of the molecule is CC(=O)c1ccc(N2CCN(c3nc4ccccc4o3)CC2)c(F)c1. The fraction of sp³-hybridized carbons (Fsp3) is 0.263. The van der Waals surface area contributed by atoms with Gasteiger partial charge in [0.25, 0.3) is 6.01 Å². The average Bonchev–Trinajstić information content (AvgIpc) is 3.06. The quantitative estimate of drug-likeness (QED) is 0.684. The number of fused-ring (bicyclic) bond motifs is 1. The van der Waals surface area contributed by atoms with Crippen molar-refractivity contribution in [3.63, 3.8) is 0 Å². The molecule has 1 aromatic heterocycles. The maximum Gasteiger partial charge on any atom is 0.298 e. The maximum atomic E-state index is 14.3. The number of Topliss-reactive ketones (excluding diaryl/α,β-unsaturated/α-hetero) is 1. The highest BCUT2D eigenvalue weighted by Crippen LogP contribution is 2.26. The van der Waals surface area contributed by atoms with Crippen LogP contribution in [0.5, 0.6) is 0 Å². The second kappa shape index (κ2) is 6.20. The van der Waals surface area contributed by atoms with E-state index in [-0.39, 0.29) is 11.6 Å². The Morgan fingerprint density at radius 2 is 1.80 bits per heavy atom. The van der Waals surface area contributed by atoms with Crippen molar-refractivity contribution >= 4 is 28.6 Å². The Morgan fingerprint density at radius 1 is 1.08 bits per heavy atom. The van der Waals surface area contributed by atoms with E-state index >= 15 is 0 Å². The number of nitrogens with zero attached hydrogens (tertiary/aromatic N) is 3. The van der Waals surface area contributed by atoms with E-state index in [0.717, 1.165) is 11.1 Å². The fourth-order valence-corrected chi connectivity index (χ4v) is 3.12. The molecule has 0 bridgehead atoms. The van der Waals surface area contributed by atoms with Crippen LogP contribution in [0, 0.1) is 5.82 Å². The highest BCUT2D eigenvalue weighted by Gasteiger charge is 2.23. The maximum absolute atomic E-state index is 14.3. The van der Waals surface area contributed by atoms with Crippen LogP contribution in [0.1, 0.15) is 17.3 Å². The molecular formula is C19H18FN3O2. The summed E-state index contributed by atoms with van der Waals surface area (Å²) in [6.45, 7) is 4.15. The Balaban J connectivity index is 1.48. The summed E-state index contributed by atoms with van der Waals surface area (Å²) < 4.78 is 20.1. The molecule has 1 aliphatic heterocycles. The number of ketones is 1. The van der Waals surface area contributed by atoms with E-state index < -0.39 is 0 Å². The monoisotopic (exact) mass is 339 g/mol. The fourth-order valence-electron chi connectivity index (χ4n) is 3.12. The molecule has 3 aromatic rings. The van der Waals surface area contributed by atoms with Gasteiger partial charge >= 0.3 is 0 Å². The number of aromatic nitrogens is 1. The summed E-state index contributed by atoms with van der Waals surface area (Å²) in [5, 5.41) is 0. The first kappa shape index (κ1) is 15.6. The van der Waals surface area contributed by atoms with E-state index in [4.69, 9.17) is 4.42 Å². The van der Waals surface area contributed by atoms with E-state index in [0.29, 0.717) is 43.4 Å². The van der Waals surface area contributed by atoms with E-state index in [9.17, 15) is 9.18 Å². The van der Waals surface area contributed by atoms with E-state index in [1.54, 1.807) is 12.1 Å². The van der Waals surface area contributed by atoms with Crippen molar-refractivity contribution < 1.29 is 13.6 Å². The first-order chi connectivity index (χ1) is 12.1. The molecule has 2 heterocycles. The molecule has 128 valence electrons. The first-order valence-electron chi connectivity index (χ1n) is 8.28. The number of carbonyl (C=O) groups is 1. The van der Waals surface area contributed by atoms with Gasteiger partial charge in [-0.1, -0.05) is 12.1 Å². The number of carbonyl (C=O) groups excluding carboxylic acids is 1. The zero-order valence-corrected chi connectivity index (χ0v) is 13.9. The molecule has 6 heteroatoms. The summed E-state index contributed by atoms with van der Waals surface area (Å²) in [4.78, 5) is 19.9. The Labute approximate surface area is 144 Å².